The molecule has 0 aliphatic heterocycles. The Kier molecular flexibility index (Phi) is 4.47. The van der Waals surface area contributed by atoms with Crippen molar-refractivity contribution in [1.82, 2.24) is 30.1 Å². The molecule has 136 valence electrons. The molecule has 0 aliphatic rings. The molecule has 0 saturated carbocycles. The Morgan fingerprint density at radius 1 is 1.37 bits per heavy atom. The Morgan fingerprint density at radius 2 is 2.26 bits per heavy atom. The molecule has 4 aromatic rings. The fourth-order valence-electron chi connectivity index (χ4n) is 2.74. The van der Waals surface area contributed by atoms with E-state index >= 15 is 0 Å². The Labute approximate surface area is 157 Å². The number of carboxylic acids is 1. The lowest BCUT2D eigenvalue weighted by molar-refractivity contribution is 0.0701. The lowest BCUT2D eigenvalue weighted by Gasteiger charge is -2.06. The number of aromatic amines is 1. The van der Waals surface area contributed by atoms with E-state index in [0.717, 1.165) is 28.1 Å². The van der Waals surface area contributed by atoms with Gasteiger partial charge in [0.15, 0.2) is 5.82 Å². The summed E-state index contributed by atoms with van der Waals surface area (Å²) < 4.78 is 0. The van der Waals surface area contributed by atoms with Crippen molar-refractivity contribution in [2.24, 2.45) is 0 Å². The molecule has 0 aliphatic carbocycles. The summed E-state index contributed by atoms with van der Waals surface area (Å²) in [5.41, 5.74) is 1.52. The minimum absolute atomic E-state index is 0.282. The smallest absolute Gasteiger partial charge is 0.346 e. The molecule has 0 bridgehead atoms. The lowest BCUT2D eigenvalue weighted by Crippen LogP contribution is -2.08. The maximum Gasteiger partial charge on any atom is 0.346 e. The monoisotopic (exact) mass is 381 g/mol. The maximum atomic E-state index is 11.3. The average molecular weight is 381 g/mol. The highest BCUT2D eigenvalue weighted by atomic mass is 32.1. The van der Waals surface area contributed by atoms with E-state index in [0.29, 0.717) is 35.0 Å². The summed E-state index contributed by atoms with van der Waals surface area (Å²) in [7, 11) is 0. The molecule has 0 spiro atoms. The number of aromatic nitrogens is 6. The predicted molar refractivity (Wildman–Crippen MR) is 101 cm³/mol. The molecule has 10 heteroatoms. The van der Waals surface area contributed by atoms with Crippen LogP contribution in [0.1, 0.15) is 21.1 Å². The Balaban J connectivity index is 1.48. The normalized spacial score (nSPS) is 11.0. The Hall–Kier alpha value is -3.40. The molecule has 4 heterocycles. The quantitative estimate of drug-likeness (QED) is 0.464. The topological polar surface area (TPSA) is 130 Å². The van der Waals surface area contributed by atoms with Crippen LogP contribution in [0.2, 0.25) is 0 Å². The van der Waals surface area contributed by atoms with Crippen molar-refractivity contribution in [1.29, 1.82) is 0 Å². The fraction of sp³-hybridized carbons (Fsp3) is 0.176. The van der Waals surface area contributed by atoms with E-state index in [1.807, 2.05) is 12.1 Å². The summed E-state index contributed by atoms with van der Waals surface area (Å²) in [5.74, 6) is 1.00. The number of H-pyrrole nitrogens is 1. The molecule has 0 saturated heterocycles. The molecular formula is C17H15N7O2S. The van der Waals surface area contributed by atoms with Gasteiger partial charge in [0, 0.05) is 30.9 Å². The second-order valence-corrected chi connectivity index (χ2v) is 6.79. The van der Waals surface area contributed by atoms with Crippen LogP contribution in [-0.2, 0) is 6.42 Å². The van der Waals surface area contributed by atoms with Gasteiger partial charge in [0.2, 0.25) is 0 Å². The number of nitrogens with one attached hydrogen (secondary N) is 2. The summed E-state index contributed by atoms with van der Waals surface area (Å²) in [6, 6.07) is 3.73. The van der Waals surface area contributed by atoms with Crippen LogP contribution in [0, 0.1) is 6.92 Å². The number of aryl methyl sites for hydroxylation is 1. The number of pyridine rings is 1. The van der Waals surface area contributed by atoms with Gasteiger partial charge in [-0.25, -0.2) is 19.7 Å². The number of anilines is 1. The minimum Gasteiger partial charge on any atom is -0.477 e. The number of hydrogen-bond donors (Lipinski definition) is 3. The standard InChI is InChI=1S/C17H15N7O2S/c1-9-12-15(20-8-21-16(12)27-13(9)17(25)26)19-6-4-11-22-14(24-23-11)10-3-2-5-18-7-10/h2-3,5,7-8H,4,6H2,1H3,(H,25,26)(H,19,20,21)(H,22,23,24). The van der Waals surface area contributed by atoms with Crippen LogP contribution >= 0.6 is 11.3 Å². The Bertz CT molecular complexity index is 1110. The van der Waals surface area contributed by atoms with E-state index in [2.05, 4.69) is 35.5 Å². The zero-order chi connectivity index (χ0) is 18.8. The van der Waals surface area contributed by atoms with E-state index in [-0.39, 0.29) is 4.88 Å². The van der Waals surface area contributed by atoms with Gasteiger partial charge in [-0.1, -0.05) is 0 Å². The first-order valence-electron chi connectivity index (χ1n) is 8.16. The Morgan fingerprint density at radius 3 is 3.04 bits per heavy atom. The van der Waals surface area contributed by atoms with Crippen molar-refractivity contribution < 1.29 is 9.90 Å². The van der Waals surface area contributed by atoms with E-state index in [4.69, 9.17) is 0 Å². The van der Waals surface area contributed by atoms with Crippen molar-refractivity contribution >= 4 is 33.3 Å². The van der Waals surface area contributed by atoms with Crippen molar-refractivity contribution in [3.8, 4) is 11.4 Å². The zero-order valence-corrected chi connectivity index (χ0v) is 15.1. The highest BCUT2D eigenvalue weighted by Crippen LogP contribution is 2.33. The number of fused-ring (bicyclic) bond motifs is 1. The van der Waals surface area contributed by atoms with Gasteiger partial charge in [0.05, 0.1) is 5.39 Å². The summed E-state index contributed by atoms with van der Waals surface area (Å²) in [4.78, 5) is 29.2. The maximum absolute atomic E-state index is 11.3. The van der Waals surface area contributed by atoms with Gasteiger partial charge in [-0.3, -0.25) is 10.1 Å². The van der Waals surface area contributed by atoms with Gasteiger partial charge in [-0.2, -0.15) is 5.10 Å². The molecule has 0 amide bonds. The van der Waals surface area contributed by atoms with Gasteiger partial charge in [-0.15, -0.1) is 11.3 Å². The van der Waals surface area contributed by atoms with Crippen LogP contribution in [0.25, 0.3) is 21.6 Å². The van der Waals surface area contributed by atoms with Gasteiger partial charge in [-0.05, 0) is 24.6 Å². The number of hydrogen-bond acceptors (Lipinski definition) is 8. The average Bonchev–Trinajstić information content (AvgIpc) is 3.28. The van der Waals surface area contributed by atoms with Gasteiger partial charge < -0.3 is 10.4 Å². The third-order valence-electron chi connectivity index (χ3n) is 4.03. The first kappa shape index (κ1) is 17.0. The lowest BCUT2D eigenvalue weighted by atomic mass is 10.2. The first-order valence-corrected chi connectivity index (χ1v) is 8.98. The molecule has 0 unspecified atom stereocenters. The van der Waals surface area contributed by atoms with Crippen LogP contribution in [0.4, 0.5) is 5.82 Å². The molecule has 0 radical (unpaired) electrons. The van der Waals surface area contributed by atoms with Crippen LogP contribution in [0.3, 0.4) is 0 Å². The predicted octanol–water partition coefficient (Wildman–Crippen LogP) is 2.53. The van der Waals surface area contributed by atoms with E-state index < -0.39 is 5.97 Å². The molecule has 9 nitrogen and oxygen atoms in total. The second-order valence-electron chi connectivity index (χ2n) is 5.79. The number of aromatic carboxylic acids is 1. The third-order valence-corrected chi connectivity index (χ3v) is 5.21. The minimum atomic E-state index is -0.953. The highest BCUT2D eigenvalue weighted by Gasteiger charge is 2.18. The van der Waals surface area contributed by atoms with Crippen molar-refractivity contribution in [2.75, 3.05) is 11.9 Å². The number of rotatable bonds is 6. The number of nitrogens with zero attached hydrogens (tertiary/aromatic N) is 5. The summed E-state index contributed by atoms with van der Waals surface area (Å²) >= 11 is 1.15. The number of carboxylic acid groups (broad SMARTS) is 1. The third kappa shape index (κ3) is 3.34. The molecule has 4 aromatic heterocycles. The molecular weight excluding hydrogens is 366 g/mol. The van der Waals surface area contributed by atoms with Crippen LogP contribution in [0.5, 0.6) is 0 Å². The van der Waals surface area contributed by atoms with E-state index in [1.165, 1.54) is 6.33 Å². The molecule has 27 heavy (non-hydrogen) atoms. The summed E-state index contributed by atoms with van der Waals surface area (Å²) in [5, 5.41) is 20.4. The second kappa shape index (κ2) is 7.08. The number of carbonyl (C=O) groups is 1. The highest BCUT2D eigenvalue weighted by molar-refractivity contribution is 7.20. The van der Waals surface area contributed by atoms with Gasteiger partial charge in [0.25, 0.3) is 0 Å². The van der Waals surface area contributed by atoms with Crippen molar-refractivity contribution in [3.05, 3.63) is 47.1 Å². The molecule has 0 aromatic carbocycles. The molecule has 0 atom stereocenters. The van der Waals surface area contributed by atoms with Crippen LogP contribution in [0.15, 0.2) is 30.9 Å². The van der Waals surface area contributed by atoms with Crippen molar-refractivity contribution in [3.63, 3.8) is 0 Å². The van der Waals surface area contributed by atoms with Crippen LogP contribution < -0.4 is 5.32 Å². The van der Waals surface area contributed by atoms with Gasteiger partial charge in [0.1, 0.15) is 27.7 Å². The van der Waals surface area contributed by atoms with Crippen molar-refractivity contribution in [2.45, 2.75) is 13.3 Å². The number of thiophene rings is 1. The van der Waals surface area contributed by atoms with E-state index in [1.54, 1.807) is 19.3 Å². The fourth-order valence-corrected chi connectivity index (χ4v) is 3.73. The first-order chi connectivity index (χ1) is 13.1. The largest absolute Gasteiger partial charge is 0.477 e. The summed E-state index contributed by atoms with van der Waals surface area (Å²) in [6.45, 7) is 2.33. The van der Waals surface area contributed by atoms with E-state index in [9.17, 15) is 9.90 Å². The molecule has 3 N–H and O–H groups in total. The zero-order valence-electron chi connectivity index (χ0n) is 14.3. The summed E-state index contributed by atoms with van der Waals surface area (Å²) in [6.07, 6.45) is 5.45. The van der Waals surface area contributed by atoms with Crippen LogP contribution in [-0.4, -0.2) is 47.8 Å². The van der Waals surface area contributed by atoms with Gasteiger partial charge >= 0.3 is 5.97 Å². The molecule has 0 fully saturated rings. The molecule has 4 rings (SSSR count). The SMILES string of the molecule is Cc1c(C(=O)O)sc2ncnc(NCCc3nc(-c4cccnc4)n[nH]3)c12.